The number of carbonyl (C=O) groups is 1. The number of fused-ring (bicyclic) bond motifs is 1. The van der Waals surface area contributed by atoms with E-state index in [2.05, 4.69) is 32.1 Å². The second kappa shape index (κ2) is 13.0. The van der Waals surface area contributed by atoms with Crippen molar-refractivity contribution < 1.29 is 19.0 Å². The number of nitrogens with one attached hydrogen (secondary N) is 3. The summed E-state index contributed by atoms with van der Waals surface area (Å²) in [6.07, 6.45) is 2.42. The number of hydrogen-bond donors (Lipinski definition) is 3. The van der Waals surface area contributed by atoms with Crippen molar-refractivity contribution in [2.45, 2.75) is 19.9 Å². The molecule has 0 bridgehead atoms. The lowest BCUT2D eigenvalue weighted by molar-refractivity contribution is 0.0357. The highest BCUT2D eigenvalue weighted by Gasteiger charge is 2.14. The summed E-state index contributed by atoms with van der Waals surface area (Å²) in [5.74, 6) is 1.66. The number of ether oxygens (including phenoxy) is 3. The van der Waals surface area contributed by atoms with Crippen molar-refractivity contribution >= 4 is 28.3 Å². The van der Waals surface area contributed by atoms with Crippen LogP contribution < -0.4 is 20.1 Å². The zero-order chi connectivity index (χ0) is 26.9. The first-order chi connectivity index (χ1) is 18.4. The van der Waals surface area contributed by atoms with E-state index < -0.39 is 0 Å². The van der Waals surface area contributed by atoms with Crippen LogP contribution in [-0.4, -0.2) is 73.1 Å². The zero-order valence-electron chi connectivity index (χ0n) is 21.9. The van der Waals surface area contributed by atoms with Gasteiger partial charge in [-0.1, -0.05) is 18.7 Å². The van der Waals surface area contributed by atoms with Gasteiger partial charge in [0.25, 0.3) is 5.91 Å². The maximum atomic E-state index is 12.3. The summed E-state index contributed by atoms with van der Waals surface area (Å²) in [5.41, 5.74) is 2.72. The predicted octanol–water partition coefficient (Wildman–Crippen LogP) is 3.63. The van der Waals surface area contributed by atoms with Gasteiger partial charge in [-0.25, -0.2) is 9.97 Å². The molecule has 38 heavy (non-hydrogen) atoms. The molecule has 1 amide bonds. The van der Waals surface area contributed by atoms with Crippen LogP contribution in [0.1, 0.15) is 29.3 Å². The highest BCUT2D eigenvalue weighted by atomic mass is 16.5. The SMILES string of the molecule is C=C(NC(=O)c1ccc(CNc2ncnc3cc(OC)c(OCCCN4CCOCC4)cc23)cc1)C(C)=N. The molecule has 10 heteroatoms. The van der Waals surface area contributed by atoms with Gasteiger partial charge in [0.05, 0.1) is 43.9 Å². The summed E-state index contributed by atoms with van der Waals surface area (Å²) in [4.78, 5) is 23.5. The molecule has 1 aromatic heterocycles. The second-order valence-corrected chi connectivity index (χ2v) is 9.01. The number of carbonyl (C=O) groups excluding carboxylic acids is 1. The van der Waals surface area contributed by atoms with E-state index in [1.807, 2.05) is 24.3 Å². The molecule has 1 saturated heterocycles. The Hall–Kier alpha value is -4.02. The molecule has 3 aromatic rings. The summed E-state index contributed by atoms with van der Waals surface area (Å²) in [5, 5.41) is 14.4. The fourth-order valence-electron chi connectivity index (χ4n) is 4.04. The van der Waals surface area contributed by atoms with E-state index >= 15 is 0 Å². The molecule has 1 aliphatic heterocycles. The van der Waals surface area contributed by atoms with Crippen molar-refractivity contribution in [1.82, 2.24) is 20.2 Å². The van der Waals surface area contributed by atoms with Crippen LogP contribution in [0.5, 0.6) is 11.5 Å². The third kappa shape index (κ3) is 7.05. The quantitative estimate of drug-likeness (QED) is 0.245. The van der Waals surface area contributed by atoms with Gasteiger partial charge < -0.3 is 30.3 Å². The molecular weight excluding hydrogens is 484 g/mol. The van der Waals surface area contributed by atoms with Crippen LogP contribution in [0, 0.1) is 5.41 Å². The molecule has 0 radical (unpaired) electrons. The van der Waals surface area contributed by atoms with Gasteiger partial charge in [0, 0.05) is 43.2 Å². The lowest BCUT2D eigenvalue weighted by Crippen LogP contribution is -2.37. The Morgan fingerprint density at radius 1 is 1.16 bits per heavy atom. The van der Waals surface area contributed by atoms with E-state index in [1.165, 1.54) is 6.33 Å². The van der Waals surface area contributed by atoms with Gasteiger partial charge in [0.2, 0.25) is 0 Å². The zero-order valence-corrected chi connectivity index (χ0v) is 21.9. The van der Waals surface area contributed by atoms with Gasteiger partial charge in [-0.05, 0) is 37.1 Å². The number of hydrogen-bond acceptors (Lipinski definition) is 9. The molecule has 0 aliphatic carbocycles. The molecule has 0 saturated carbocycles. The standard InChI is InChI=1S/C28H34N6O4/c1-19(29)20(2)33-28(35)22-7-5-21(6-8-22)17-30-27-23-15-26(25(36-3)16-24(23)31-18-32-27)38-12-4-9-34-10-13-37-14-11-34/h5-8,15-16,18,29H,2,4,9-14,17H2,1,3H3,(H,33,35)(H,30,31,32). The van der Waals surface area contributed by atoms with Crippen LogP contribution in [-0.2, 0) is 11.3 Å². The fraction of sp³-hybridized carbons (Fsp3) is 0.357. The van der Waals surface area contributed by atoms with Crippen molar-refractivity contribution in [3.8, 4) is 11.5 Å². The monoisotopic (exact) mass is 518 g/mol. The summed E-state index contributed by atoms with van der Waals surface area (Å²) in [7, 11) is 1.62. The highest BCUT2D eigenvalue weighted by Crippen LogP contribution is 2.34. The lowest BCUT2D eigenvalue weighted by atomic mass is 10.1. The average molecular weight is 519 g/mol. The first kappa shape index (κ1) is 27.0. The van der Waals surface area contributed by atoms with E-state index in [9.17, 15) is 4.79 Å². The maximum absolute atomic E-state index is 12.3. The number of amides is 1. The number of benzene rings is 2. The van der Waals surface area contributed by atoms with E-state index in [0.717, 1.165) is 55.7 Å². The molecular formula is C28H34N6O4. The van der Waals surface area contributed by atoms with Gasteiger partial charge in [-0.15, -0.1) is 0 Å². The summed E-state index contributed by atoms with van der Waals surface area (Å²) in [6, 6.07) is 11.0. The Bertz CT molecular complexity index is 1290. The molecule has 0 unspecified atom stereocenters. The molecule has 4 rings (SSSR count). The highest BCUT2D eigenvalue weighted by molar-refractivity contribution is 6.03. The lowest BCUT2D eigenvalue weighted by Gasteiger charge is -2.26. The van der Waals surface area contributed by atoms with Gasteiger partial charge in [0.15, 0.2) is 11.5 Å². The first-order valence-electron chi connectivity index (χ1n) is 12.6. The molecule has 0 atom stereocenters. The summed E-state index contributed by atoms with van der Waals surface area (Å²) < 4.78 is 17.1. The molecule has 1 aliphatic rings. The Morgan fingerprint density at radius 2 is 1.92 bits per heavy atom. The predicted molar refractivity (Wildman–Crippen MR) is 147 cm³/mol. The topological polar surface area (TPSA) is 122 Å². The first-order valence-corrected chi connectivity index (χ1v) is 12.6. The van der Waals surface area contributed by atoms with Crippen molar-refractivity contribution in [3.63, 3.8) is 0 Å². The molecule has 0 spiro atoms. The van der Waals surface area contributed by atoms with Gasteiger partial charge in [0.1, 0.15) is 12.1 Å². The number of morpholine rings is 1. The van der Waals surface area contributed by atoms with Crippen molar-refractivity contribution in [1.29, 1.82) is 5.41 Å². The summed E-state index contributed by atoms with van der Waals surface area (Å²) >= 11 is 0. The number of nitrogens with zero attached hydrogens (tertiary/aromatic N) is 3. The van der Waals surface area contributed by atoms with E-state index in [0.29, 0.717) is 36.0 Å². The van der Waals surface area contributed by atoms with E-state index in [-0.39, 0.29) is 17.3 Å². The van der Waals surface area contributed by atoms with E-state index in [4.69, 9.17) is 19.6 Å². The molecule has 2 heterocycles. The molecule has 200 valence electrons. The number of methoxy groups -OCH3 is 1. The Balaban J connectivity index is 1.40. The van der Waals surface area contributed by atoms with E-state index in [1.54, 1.807) is 26.2 Å². The number of aromatic nitrogens is 2. The number of anilines is 1. The Labute approximate surface area is 222 Å². The van der Waals surface area contributed by atoms with Crippen LogP contribution in [0.4, 0.5) is 5.82 Å². The van der Waals surface area contributed by atoms with Gasteiger partial charge >= 0.3 is 0 Å². The Morgan fingerprint density at radius 3 is 2.63 bits per heavy atom. The van der Waals surface area contributed by atoms with Crippen LogP contribution in [0.15, 0.2) is 55.0 Å². The molecule has 2 aromatic carbocycles. The minimum Gasteiger partial charge on any atom is -0.493 e. The number of allylic oxidation sites excluding steroid dienone is 1. The van der Waals surface area contributed by atoms with Crippen molar-refractivity contribution in [2.24, 2.45) is 0 Å². The minimum atomic E-state index is -0.297. The normalized spacial score (nSPS) is 13.6. The number of rotatable bonds is 12. The van der Waals surface area contributed by atoms with Gasteiger partial charge in [-0.2, -0.15) is 0 Å². The Kier molecular flexibility index (Phi) is 9.23. The average Bonchev–Trinajstić information content (AvgIpc) is 2.94. The second-order valence-electron chi connectivity index (χ2n) is 9.01. The summed E-state index contributed by atoms with van der Waals surface area (Å²) in [6.45, 7) is 10.8. The molecule has 10 nitrogen and oxygen atoms in total. The van der Waals surface area contributed by atoms with Crippen LogP contribution in [0.25, 0.3) is 10.9 Å². The minimum absolute atomic E-state index is 0.218. The van der Waals surface area contributed by atoms with Gasteiger partial charge in [-0.3, -0.25) is 9.69 Å². The van der Waals surface area contributed by atoms with Crippen LogP contribution in [0.2, 0.25) is 0 Å². The van der Waals surface area contributed by atoms with Crippen LogP contribution >= 0.6 is 0 Å². The van der Waals surface area contributed by atoms with Crippen LogP contribution in [0.3, 0.4) is 0 Å². The third-order valence-corrected chi connectivity index (χ3v) is 6.29. The molecule has 3 N–H and O–H groups in total. The largest absolute Gasteiger partial charge is 0.493 e. The maximum Gasteiger partial charge on any atom is 0.255 e. The van der Waals surface area contributed by atoms with Crippen molar-refractivity contribution in [2.75, 3.05) is 51.9 Å². The third-order valence-electron chi connectivity index (χ3n) is 6.29. The molecule has 1 fully saturated rings. The fourth-order valence-corrected chi connectivity index (χ4v) is 4.04. The smallest absolute Gasteiger partial charge is 0.255 e. The van der Waals surface area contributed by atoms with Crippen molar-refractivity contribution in [3.05, 3.63) is 66.1 Å².